The summed E-state index contributed by atoms with van der Waals surface area (Å²) in [5, 5.41) is 8.87. The van der Waals surface area contributed by atoms with E-state index in [9.17, 15) is 8.42 Å². The molecule has 5 heteroatoms. The van der Waals surface area contributed by atoms with Gasteiger partial charge in [0.1, 0.15) is 0 Å². The molecule has 0 spiro atoms. The number of nitriles is 1. The van der Waals surface area contributed by atoms with Crippen LogP contribution in [0.2, 0.25) is 0 Å². The van der Waals surface area contributed by atoms with Crippen molar-refractivity contribution in [2.24, 2.45) is 5.41 Å². The van der Waals surface area contributed by atoms with Crippen molar-refractivity contribution >= 4 is 10.0 Å². The number of nitrogens with zero attached hydrogens (tertiary/aromatic N) is 2. The van der Waals surface area contributed by atoms with Crippen LogP contribution in [0.1, 0.15) is 12.8 Å². The van der Waals surface area contributed by atoms with E-state index in [-0.39, 0.29) is 5.75 Å². The summed E-state index contributed by atoms with van der Waals surface area (Å²) in [6.45, 7) is 1.08. The summed E-state index contributed by atoms with van der Waals surface area (Å²) in [6.07, 6.45) is 1.42. The smallest absolute Gasteiger partial charge is 0.212 e. The third-order valence-electron chi connectivity index (χ3n) is 2.77. The van der Waals surface area contributed by atoms with Gasteiger partial charge in [-0.05, 0) is 12.8 Å². The Morgan fingerprint density at radius 1 is 1.33 bits per heavy atom. The Bertz CT molecular complexity index is 333. The van der Waals surface area contributed by atoms with E-state index in [0.29, 0.717) is 25.9 Å². The molecule has 0 saturated carbocycles. The van der Waals surface area contributed by atoms with Crippen molar-refractivity contribution in [2.75, 3.05) is 18.8 Å². The van der Waals surface area contributed by atoms with Gasteiger partial charge in [-0.1, -0.05) is 0 Å². The molecule has 0 unspecified atom stereocenters. The highest BCUT2D eigenvalue weighted by Crippen LogP contribution is 2.39. The number of hydrogen-bond donors (Lipinski definition) is 0. The Morgan fingerprint density at radius 2 is 1.92 bits per heavy atom. The van der Waals surface area contributed by atoms with Crippen LogP contribution in [-0.2, 0) is 10.0 Å². The van der Waals surface area contributed by atoms with E-state index in [4.69, 9.17) is 5.26 Å². The summed E-state index contributed by atoms with van der Waals surface area (Å²) >= 11 is 0. The van der Waals surface area contributed by atoms with Crippen molar-refractivity contribution in [2.45, 2.75) is 12.8 Å². The SMILES string of the molecule is N#CC12CCN(CC1)S(=O)(=O)C2. The molecule has 3 saturated heterocycles. The molecule has 2 bridgehead atoms. The predicted octanol–water partition coefficient (Wildman–Crippen LogP) is -0.0644. The lowest BCUT2D eigenvalue weighted by Gasteiger charge is -2.43. The Balaban J connectivity index is 2.40. The first-order valence-corrected chi connectivity index (χ1v) is 5.58. The second-order valence-corrected chi connectivity index (χ2v) is 5.52. The molecule has 4 nitrogen and oxygen atoms in total. The molecule has 0 radical (unpaired) electrons. The van der Waals surface area contributed by atoms with Gasteiger partial charge in [-0.3, -0.25) is 0 Å². The summed E-state index contributed by atoms with van der Waals surface area (Å²) in [4.78, 5) is 0. The third-order valence-corrected chi connectivity index (χ3v) is 4.84. The number of hydrogen-bond acceptors (Lipinski definition) is 3. The van der Waals surface area contributed by atoms with Crippen LogP contribution in [0, 0.1) is 16.7 Å². The second-order valence-electron chi connectivity index (χ2n) is 3.55. The molecule has 0 atom stereocenters. The van der Waals surface area contributed by atoms with Gasteiger partial charge < -0.3 is 0 Å². The zero-order valence-electron chi connectivity index (χ0n) is 6.65. The molecule has 12 heavy (non-hydrogen) atoms. The van der Waals surface area contributed by atoms with Crippen molar-refractivity contribution in [3.8, 4) is 6.07 Å². The molecule has 3 heterocycles. The largest absolute Gasteiger partial charge is 0.215 e. The standard InChI is InChI=1S/C7H10N2O2S/c8-5-7-1-3-9(4-2-7)12(10,11)6-7/h1-4,6H2. The Morgan fingerprint density at radius 3 is 2.25 bits per heavy atom. The van der Waals surface area contributed by atoms with Crippen LogP contribution in [0.15, 0.2) is 0 Å². The maximum atomic E-state index is 11.4. The monoisotopic (exact) mass is 186 g/mol. The van der Waals surface area contributed by atoms with Crippen molar-refractivity contribution in [1.29, 1.82) is 5.26 Å². The summed E-state index contributed by atoms with van der Waals surface area (Å²) in [5.41, 5.74) is -0.562. The lowest BCUT2D eigenvalue weighted by molar-refractivity contribution is 0.201. The van der Waals surface area contributed by atoms with Gasteiger partial charge in [0.15, 0.2) is 0 Å². The Kier molecular flexibility index (Phi) is 1.48. The van der Waals surface area contributed by atoms with Gasteiger partial charge in [-0.15, -0.1) is 0 Å². The molecule has 3 rings (SSSR count). The molecule has 3 aliphatic rings. The van der Waals surface area contributed by atoms with E-state index >= 15 is 0 Å². The van der Waals surface area contributed by atoms with Gasteiger partial charge in [-0.2, -0.15) is 5.26 Å². The summed E-state index contributed by atoms with van der Waals surface area (Å²) in [6, 6.07) is 2.15. The van der Waals surface area contributed by atoms with Crippen molar-refractivity contribution in [3.05, 3.63) is 0 Å². The summed E-state index contributed by atoms with van der Waals surface area (Å²) in [7, 11) is -3.08. The average molecular weight is 186 g/mol. The van der Waals surface area contributed by atoms with Crippen molar-refractivity contribution < 1.29 is 8.42 Å². The fourth-order valence-electron chi connectivity index (χ4n) is 1.92. The topological polar surface area (TPSA) is 61.2 Å². The number of rotatable bonds is 0. The minimum atomic E-state index is -3.08. The first kappa shape index (κ1) is 8.02. The van der Waals surface area contributed by atoms with Gasteiger partial charge in [-0.25, -0.2) is 12.7 Å². The normalized spacial score (nSPS) is 43.8. The van der Waals surface area contributed by atoms with Gasteiger partial charge in [0, 0.05) is 13.1 Å². The molecule has 0 aromatic carbocycles. The molecule has 0 N–H and O–H groups in total. The van der Waals surface area contributed by atoms with E-state index in [1.54, 1.807) is 0 Å². The van der Waals surface area contributed by atoms with Gasteiger partial charge >= 0.3 is 0 Å². The Labute approximate surface area is 71.8 Å². The van der Waals surface area contributed by atoms with E-state index in [0.717, 1.165) is 0 Å². The van der Waals surface area contributed by atoms with E-state index in [1.807, 2.05) is 0 Å². The number of fused-ring (bicyclic) bond motifs is 3. The van der Waals surface area contributed by atoms with Gasteiger partial charge in [0.25, 0.3) is 0 Å². The van der Waals surface area contributed by atoms with E-state index in [1.165, 1.54) is 4.31 Å². The first-order valence-electron chi connectivity index (χ1n) is 3.97. The zero-order chi connectivity index (χ0) is 8.82. The van der Waals surface area contributed by atoms with Gasteiger partial charge in [0.2, 0.25) is 10.0 Å². The van der Waals surface area contributed by atoms with Crippen LogP contribution >= 0.6 is 0 Å². The molecule has 3 aliphatic heterocycles. The predicted molar refractivity (Wildman–Crippen MR) is 42.6 cm³/mol. The van der Waals surface area contributed by atoms with Gasteiger partial charge in [0.05, 0.1) is 17.2 Å². The molecule has 3 fully saturated rings. The van der Waals surface area contributed by atoms with Crippen LogP contribution in [0.5, 0.6) is 0 Å². The quantitative estimate of drug-likeness (QED) is 0.532. The van der Waals surface area contributed by atoms with Crippen LogP contribution in [0.4, 0.5) is 0 Å². The zero-order valence-corrected chi connectivity index (χ0v) is 7.47. The average Bonchev–Trinajstić information content (AvgIpc) is 2.04. The maximum absolute atomic E-state index is 11.4. The highest BCUT2D eigenvalue weighted by atomic mass is 32.2. The summed E-state index contributed by atoms with van der Waals surface area (Å²) < 4.78 is 24.3. The molecule has 0 aromatic heterocycles. The lowest BCUT2D eigenvalue weighted by atomic mass is 9.82. The van der Waals surface area contributed by atoms with Crippen LogP contribution in [-0.4, -0.2) is 31.6 Å². The van der Waals surface area contributed by atoms with Crippen LogP contribution in [0.3, 0.4) is 0 Å². The molecule has 0 amide bonds. The molecule has 66 valence electrons. The first-order chi connectivity index (χ1) is 5.58. The highest BCUT2D eigenvalue weighted by Gasteiger charge is 2.48. The van der Waals surface area contributed by atoms with E-state index < -0.39 is 15.4 Å². The third kappa shape index (κ3) is 0.952. The fraction of sp³-hybridized carbons (Fsp3) is 0.857. The fourth-order valence-corrected chi connectivity index (χ4v) is 3.89. The Hall–Kier alpha value is -0.600. The summed E-state index contributed by atoms with van der Waals surface area (Å²) in [5.74, 6) is 0.0382. The molecule has 0 aliphatic carbocycles. The molecule has 0 aromatic rings. The number of sulfonamides is 1. The lowest BCUT2D eigenvalue weighted by Crippen LogP contribution is -2.53. The van der Waals surface area contributed by atoms with Crippen molar-refractivity contribution in [3.63, 3.8) is 0 Å². The van der Waals surface area contributed by atoms with E-state index in [2.05, 4.69) is 6.07 Å². The maximum Gasteiger partial charge on any atom is 0.215 e. The highest BCUT2D eigenvalue weighted by molar-refractivity contribution is 7.89. The molecular weight excluding hydrogens is 176 g/mol. The minimum absolute atomic E-state index is 0.0382. The second kappa shape index (κ2) is 2.21. The minimum Gasteiger partial charge on any atom is -0.212 e. The van der Waals surface area contributed by atoms with Crippen LogP contribution < -0.4 is 0 Å². The van der Waals surface area contributed by atoms with Crippen LogP contribution in [0.25, 0.3) is 0 Å². The number of piperidine rings is 1. The molecular formula is C7H10N2O2S. The van der Waals surface area contributed by atoms with Crippen molar-refractivity contribution in [1.82, 2.24) is 4.31 Å².